The van der Waals surface area contributed by atoms with Crippen LogP contribution in [0.4, 0.5) is 0 Å². The summed E-state index contributed by atoms with van der Waals surface area (Å²) in [7, 11) is 0. The summed E-state index contributed by atoms with van der Waals surface area (Å²) in [5, 5.41) is 3.32. The number of furan rings is 1. The molecule has 32 heavy (non-hydrogen) atoms. The number of hydrogen-bond acceptors (Lipinski definition) is 4. The Kier molecular flexibility index (Phi) is 4.21. The predicted octanol–water partition coefficient (Wildman–Crippen LogP) is 8.16. The summed E-state index contributed by atoms with van der Waals surface area (Å²) in [6.45, 7) is 8.53. The molecule has 0 aliphatic heterocycles. The van der Waals surface area contributed by atoms with Crippen LogP contribution in [0, 0.1) is 27.7 Å². The van der Waals surface area contributed by atoms with Crippen molar-refractivity contribution in [2.45, 2.75) is 27.7 Å². The van der Waals surface area contributed by atoms with Crippen molar-refractivity contribution in [3.8, 4) is 21.7 Å². The van der Waals surface area contributed by atoms with Crippen molar-refractivity contribution >= 4 is 43.5 Å². The van der Waals surface area contributed by atoms with Crippen LogP contribution in [-0.2, 0) is 0 Å². The summed E-state index contributed by atoms with van der Waals surface area (Å²) in [4.78, 5) is 10.7. The van der Waals surface area contributed by atoms with Crippen molar-refractivity contribution in [1.29, 1.82) is 0 Å². The predicted molar refractivity (Wildman–Crippen MR) is 135 cm³/mol. The van der Waals surface area contributed by atoms with Crippen LogP contribution in [0.3, 0.4) is 0 Å². The third-order valence-electron chi connectivity index (χ3n) is 6.11. The van der Waals surface area contributed by atoms with Crippen LogP contribution in [0.5, 0.6) is 0 Å². The number of aromatic nitrogens is 2. The molecule has 0 N–H and O–H groups in total. The van der Waals surface area contributed by atoms with Gasteiger partial charge in [-0.05, 0) is 80.1 Å². The van der Waals surface area contributed by atoms with E-state index in [9.17, 15) is 0 Å². The molecule has 0 amide bonds. The lowest BCUT2D eigenvalue weighted by Gasteiger charge is -2.09. The molecule has 6 aromatic rings. The Morgan fingerprint density at radius 3 is 2.47 bits per heavy atom. The van der Waals surface area contributed by atoms with Gasteiger partial charge in [0.25, 0.3) is 0 Å². The van der Waals surface area contributed by atoms with E-state index in [2.05, 4.69) is 74.3 Å². The molecular weight excluding hydrogens is 412 g/mol. The number of nitrogens with zero attached hydrogens (tertiary/aromatic N) is 2. The molecule has 0 bridgehead atoms. The standard InChI is InChI=1S/C28H22N2OS/c1-15-10-16(2)26(17(3)11-15)24-13-19-12-23(29-14-25(19)32-24)22-7-5-6-20-21-9-8-18(4)30-28(21)31-27(20)22/h5-14H,1-4H3. The number of rotatable bonds is 2. The molecule has 0 saturated carbocycles. The first-order valence-electron chi connectivity index (χ1n) is 10.7. The second-order valence-electron chi connectivity index (χ2n) is 8.58. The van der Waals surface area contributed by atoms with Gasteiger partial charge in [-0.15, -0.1) is 11.3 Å². The summed E-state index contributed by atoms with van der Waals surface area (Å²) >= 11 is 1.80. The highest BCUT2D eigenvalue weighted by Crippen LogP contribution is 2.40. The van der Waals surface area contributed by atoms with Crippen LogP contribution in [0.25, 0.3) is 53.9 Å². The summed E-state index contributed by atoms with van der Waals surface area (Å²) in [5.41, 5.74) is 9.65. The van der Waals surface area contributed by atoms with Gasteiger partial charge < -0.3 is 4.42 Å². The van der Waals surface area contributed by atoms with Crippen LogP contribution in [0.2, 0.25) is 0 Å². The van der Waals surface area contributed by atoms with Gasteiger partial charge in [0.1, 0.15) is 5.58 Å². The fraction of sp³-hybridized carbons (Fsp3) is 0.143. The number of fused-ring (bicyclic) bond motifs is 4. The van der Waals surface area contributed by atoms with Crippen LogP contribution in [0.15, 0.2) is 65.2 Å². The Bertz CT molecular complexity index is 1650. The Morgan fingerprint density at radius 2 is 1.66 bits per heavy atom. The first-order valence-corrected chi connectivity index (χ1v) is 11.6. The minimum Gasteiger partial charge on any atom is -0.437 e. The zero-order chi connectivity index (χ0) is 22.0. The number of benzene rings is 2. The Labute approximate surface area is 190 Å². The highest BCUT2D eigenvalue weighted by atomic mass is 32.1. The molecule has 3 nitrogen and oxygen atoms in total. The van der Waals surface area contributed by atoms with Crippen LogP contribution in [0.1, 0.15) is 22.4 Å². The van der Waals surface area contributed by atoms with Gasteiger partial charge in [0.2, 0.25) is 5.71 Å². The molecular formula is C28H22N2OS. The van der Waals surface area contributed by atoms with E-state index in [1.54, 1.807) is 11.3 Å². The van der Waals surface area contributed by atoms with Gasteiger partial charge in [-0.3, -0.25) is 4.98 Å². The molecule has 4 heteroatoms. The minimum absolute atomic E-state index is 0.677. The van der Waals surface area contributed by atoms with E-state index in [-0.39, 0.29) is 0 Å². The molecule has 0 saturated heterocycles. The van der Waals surface area contributed by atoms with E-state index < -0.39 is 0 Å². The molecule has 2 aromatic carbocycles. The Morgan fingerprint density at radius 1 is 0.844 bits per heavy atom. The fourth-order valence-corrected chi connectivity index (χ4v) is 5.95. The average Bonchev–Trinajstić information content (AvgIpc) is 3.32. The molecule has 0 radical (unpaired) electrons. The van der Waals surface area contributed by atoms with Gasteiger partial charge in [-0.25, -0.2) is 4.98 Å². The molecule has 0 aliphatic rings. The van der Waals surface area contributed by atoms with E-state index in [1.165, 1.54) is 37.2 Å². The summed E-state index contributed by atoms with van der Waals surface area (Å²) in [6.07, 6.45) is 1.99. The summed E-state index contributed by atoms with van der Waals surface area (Å²) < 4.78 is 7.39. The molecule has 0 fully saturated rings. The maximum absolute atomic E-state index is 6.20. The molecule has 0 spiro atoms. The second kappa shape index (κ2) is 7.01. The summed E-state index contributed by atoms with van der Waals surface area (Å²) in [5.74, 6) is 0. The van der Waals surface area contributed by atoms with E-state index in [4.69, 9.17) is 9.40 Å². The normalized spacial score (nSPS) is 11.8. The number of thiophene rings is 1. The first kappa shape index (κ1) is 19.2. The summed E-state index contributed by atoms with van der Waals surface area (Å²) in [6, 6.07) is 19.3. The molecule has 156 valence electrons. The zero-order valence-electron chi connectivity index (χ0n) is 18.5. The molecule has 0 unspecified atom stereocenters. The highest BCUT2D eigenvalue weighted by molar-refractivity contribution is 7.22. The number of para-hydroxylation sites is 1. The van der Waals surface area contributed by atoms with Crippen LogP contribution < -0.4 is 0 Å². The zero-order valence-corrected chi connectivity index (χ0v) is 19.3. The monoisotopic (exact) mass is 434 g/mol. The van der Waals surface area contributed by atoms with E-state index in [1.807, 2.05) is 19.2 Å². The maximum Gasteiger partial charge on any atom is 0.227 e. The topological polar surface area (TPSA) is 38.9 Å². The minimum atomic E-state index is 0.677. The Hall–Kier alpha value is -3.50. The lowest BCUT2D eigenvalue weighted by molar-refractivity contribution is 0.653. The SMILES string of the molecule is Cc1cc(C)c(-c2cc3cc(-c4cccc5c4oc4nc(C)ccc45)ncc3s2)c(C)c1. The second-order valence-corrected chi connectivity index (χ2v) is 9.67. The molecule has 4 aromatic heterocycles. The fourth-order valence-electron chi connectivity index (χ4n) is 4.76. The number of hydrogen-bond donors (Lipinski definition) is 0. The molecule has 4 heterocycles. The van der Waals surface area contributed by atoms with Crippen molar-refractivity contribution in [2.75, 3.05) is 0 Å². The van der Waals surface area contributed by atoms with Crippen LogP contribution >= 0.6 is 11.3 Å². The lowest BCUT2D eigenvalue weighted by Crippen LogP contribution is -1.87. The van der Waals surface area contributed by atoms with Gasteiger partial charge in [-0.1, -0.05) is 29.8 Å². The smallest absolute Gasteiger partial charge is 0.227 e. The molecule has 0 atom stereocenters. The number of aryl methyl sites for hydroxylation is 4. The number of pyridine rings is 2. The Balaban J connectivity index is 1.53. The van der Waals surface area contributed by atoms with Gasteiger partial charge in [0, 0.05) is 33.1 Å². The average molecular weight is 435 g/mol. The van der Waals surface area contributed by atoms with E-state index in [0.29, 0.717) is 5.71 Å². The van der Waals surface area contributed by atoms with Gasteiger partial charge in [0.05, 0.1) is 10.4 Å². The molecule has 0 aliphatic carbocycles. The highest BCUT2D eigenvalue weighted by Gasteiger charge is 2.16. The maximum atomic E-state index is 6.20. The van der Waals surface area contributed by atoms with E-state index in [0.717, 1.165) is 33.3 Å². The van der Waals surface area contributed by atoms with Crippen molar-refractivity contribution in [3.05, 3.63) is 83.2 Å². The molecule has 6 rings (SSSR count). The first-order chi connectivity index (χ1) is 15.5. The van der Waals surface area contributed by atoms with E-state index >= 15 is 0 Å². The third-order valence-corrected chi connectivity index (χ3v) is 7.21. The van der Waals surface area contributed by atoms with Gasteiger partial charge in [0.15, 0.2) is 0 Å². The van der Waals surface area contributed by atoms with Crippen molar-refractivity contribution in [3.63, 3.8) is 0 Å². The van der Waals surface area contributed by atoms with Crippen LogP contribution in [-0.4, -0.2) is 9.97 Å². The quantitative estimate of drug-likeness (QED) is 0.276. The van der Waals surface area contributed by atoms with Gasteiger partial charge >= 0.3 is 0 Å². The largest absolute Gasteiger partial charge is 0.437 e. The van der Waals surface area contributed by atoms with Crippen molar-refractivity contribution in [2.24, 2.45) is 0 Å². The van der Waals surface area contributed by atoms with Gasteiger partial charge in [-0.2, -0.15) is 0 Å². The van der Waals surface area contributed by atoms with Crippen molar-refractivity contribution in [1.82, 2.24) is 9.97 Å². The third kappa shape index (κ3) is 2.94. The van der Waals surface area contributed by atoms with Crippen molar-refractivity contribution < 1.29 is 4.42 Å². The lowest BCUT2D eigenvalue weighted by atomic mass is 9.98.